The lowest BCUT2D eigenvalue weighted by Gasteiger charge is -2.20. The standard InChI is InChI=1S/C16H26N4O2S/c1-5-11(16(22)19(2)3)6-8-17-14(21)15-18-12-7-9-20(4)10-13(12)23-15/h11H,5-10H2,1-4H3,(H,17,21)/t11-/m0/s1. The zero-order valence-corrected chi connectivity index (χ0v) is 15.2. The highest BCUT2D eigenvalue weighted by atomic mass is 32.1. The molecule has 0 aliphatic carbocycles. The van der Waals surface area contributed by atoms with Crippen LogP contribution in [0.5, 0.6) is 0 Å². The van der Waals surface area contributed by atoms with Crippen molar-refractivity contribution in [1.82, 2.24) is 20.1 Å². The maximum Gasteiger partial charge on any atom is 0.280 e. The molecule has 23 heavy (non-hydrogen) atoms. The number of nitrogens with zero attached hydrogens (tertiary/aromatic N) is 3. The van der Waals surface area contributed by atoms with Crippen molar-refractivity contribution in [2.75, 3.05) is 34.2 Å². The molecule has 1 atom stereocenters. The molecule has 128 valence electrons. The third-order valence-electron chi connectivity index (χ3n) is 4.18. The summed E-state index contributed by atoms with van der Waals surface area (Å²) in [5.41, 5.74) is 1.06. The number of hydrogen-bond acceptors (Lipinski definition) is 5. The molecular formula is C16H26N4O2S. The molecule has 1 N–H and O–H groups in total. The number of hydrogen-bond donors (Lipinski definition) is 1. The van der Waals surface area contributed by atoms with Crippen LogP contribution in [0.25, 0.3) is 0 Å². The van der Waals surface area contributed by atoms with Gasteiger partial charge in [-0.05, 0) is 19.9 Å². The Morgan fingerprint density at radius 2 is 2.17 bits per heavy atom. The summed E-state index contributed by atoms with van der Waals surface area (Å²) in [5, 5.41) is 3.44. The van der Waals surface area contributed by atoms with Crippen molar-refractivity contribution >= 4 is 23.2 Å². The van der Waals surface area contributed by atoms with Crippen LogP contribution in [-0.2, 0) is 17.8 Å². The first-order chi connectivity index (χ1) is 10.9. The third kappa shape index (κ3) is 4.51. The maximum atomic E-state index is 12.2. The second kappa shape index (κ2) is 7.88. The zero-order chi connectivity index (χ0) is 17.0. The third-order valence-corrected chi connectivity index (χ3v) is 5.26. The van der Waals surface area contributed by atoms with Gasteiger partial charge in [0.15, 0.2) is 5.01 Å². The van der Waals surface area contributed by atoms with Crippen LogP contribution in [0.3, 0.4) is 0 Å². The van der Waals surface area contributed by atoms with E-state index >= 15 is 0 Å². The van der Waals surface area contributed by atoms with E-state index in [1.165, 1.54) is 16.2 Å². The van der Waals surface area contributed by atoms with E-state index in [0.717, 1.165) is 31.6 Å². The van der Waals surface area contributed by atoms with Crippen molar-refractivity contribution in [2.24, 2.45) is 5.92 Å². The number of amides is 2. The molecular weight excluding hydrogens is 312 g/mol. The van der Waals surface area contributed by atoms with Crippen molar-refractivity contribution in [2.45, 2.75) is 32.7 Å². The van der Waals surface area contributed by atoms with Gasteiger partial charge >= 0.3 is 0 Å². The van der Waals surface area contributed by atoms with Crippen molar-refractivity contribution in [1.29, 1.82) is 0 Å². The lowest BCUT2D eigenvalue weighted by atomic mass is 10.0. The van der Waals surface area contributed by atoms with Gasteiger partial charge in [0.2, 0.25) is 5.91 Å². The smallest absolute Gasteiger partial charge is 0.280 e. The molecule has 7 heteroatoms. The van der Waals surface area contributed by atoms with Gasteiger partial charge in [-0.2, -0.15) is 0 Å². The monoisotopic (exact) mass is 338 g/mol. The van der Waals surface area contributed by atoms with Gasteiger partial charge in [-0.3, -0.25) is 9.59 Å². The second-order valence-corrected chi connectivity index (χ2v) is 7.34. The summed E-state index contributed by atoms with van der Waals surface area (Å²) >= 11 is 1.48. The number of carbonyl (C=O) groups is 2. The molecule has 1 aromatic rings. The molecule has 0 spiro atoms. The molecule has 2 amide bonds. The molecule has 0 radical (unpaired) electrons. The lowest BCUT2D eigenvalue weighted by molar-refractivity contribution is -0.133. The van der Waals surface area contributed by atoms with Crippen molar-refractivity contribution in [3.63, 3.8) is 0 Å². The molecule has 2 heterocycles. The van der Waals surface area contributed by atoms with Gasteiger partial charge in [-0.1, -0.05) is 6.92 Å². The fourth-order valence-electron chi connectivity index (χ4n) is 2.72. The average Bonchev–Trinajstić information content (AvgIpc) is 2.93. The van der Waals surface area contributed by atoms with Gasteiger partial charge in [0, 0.05) is 50.9 Å². The largest absolute Gasteiger partial charge is 0.350 e. The van der Waals surface area contributed by atoms with E-state index in [1.54, 1.807) is 19.0 Å². The van der Waals surface area contributed by atoms with Gasteiger partial charge in [-0.25, -0.2) is 4.98 Å². The van der Waals surface area contributed by atoms with Crippen LogP contribution >= 0.6 is 11.3 Å². The fourth-order valence-corrected chi connectivity index (χ4v) is 3.83. The molecule has 1 aromatic heterocycles. The highest BCUT2D eigenvalue weighted by molar-refractivity contribution is 7.13. The Morgan fingerprint density at radius 3 is 2.83 bits per heavy atom. The van der Waals surface area contributed by atoms with E-state index in [4.69, 9.17) is 0 Å². The van der Waals surface area contributed by atoms with Crippen molar-refractivity contribution in [3.05, 3.63) is 15.6 Å². The Hall–Kier alpha value is -1.47. The normalized spacial score (nSPS) is 15.8. The summed E-state index contributed by atoms with van der Waals surface area (Å²) in [6.45, 7) is 4.36. The molecule has 2 rings (SSSR count). The molecule has 0 unspecified atom stereocenters. The Bertz CT molecular complexity index is 570. The molecule has 1 aliphatic heterocycles. The Balaban J connectivity index is 1.87. The number of likely N-dealkylation sites (N-methyl/N-ethyl adjacent to an activating group) is 1. The predicted octanol–water partition coefficient (Wildman–Crippen LogP) is 1.37. The van der Waals surface area contributed by atoms with E-state index < -0.39 is 0 Å². The molecule has 0 bridgehead atoms. The highest BCUT2D eigenvalue weighted by Gasteiger charge is 2.22. The number of aromatic nitrogens is 1. The van der Waals surface area contributed by atoms with Crippen molar-refractivity contribution < 1.29 is 9.59 Å². The van der Waals surface area contributed by atoms with Crippen LogP contribution in [0.2, 0.25) is 0 Å². The van der Waals surface area contributed by atoms with E-state index in [0.29, 0.717) is 18.0 Å². The molecule has 0 saturated heterocycles. The summed E-state index contributed by atoms with van der Waals surface area (Å²) in [6.07, 6.45) is 2.35. The molecule has 0 fully saturated rings. The molecule has 6 nitrogen and oxygen atoms in total. The lowest BCUT2D eigenvalue weighted by Crippen LogP contribution is -2.33. The molecule has 0 aromatic carbocycles. The van der Waals surface area contributed by atoms with Crippen LogP contribution in [0.1, 0.15) is 40.1 Å². The minimum atomic E-state index is -0.126. The second-order valence-electron chi connectivity index (χ2n) is 6.26. The first-order valence-electron chi connectivity index (χ1n) is 8.08. The van der Waals surface area contributed by atoms with Crippen molar-refractivity contribution in [3.8, 4) is 0 Å². The topological polar surface area (TPSA) is 65.5 Å². The molecule has 1 aliphatic rings. The van der Waals surface area contributed by atoms with E-state index in [-0.39, 0.29) is 17.7 Å². The van der Waals surface area contributed by atoms with E-state index in [9.17, 15) is 9.59 Å². The van der Waals surface area contributed by atoms with E-state index in [2.05, 4.69) is 22.2 Å². The summed E-state index contributed by atoms with van der Waals surface area (Å²) < 4.78 is 0. The van der Waals surface area contributed by atoms with Gasteiger partial charge in [0.1, 0.15) is 0 Å². The van der Waals surface area contributed by atoms with Crippen LogP contribution in [-0.4, -0.2) is 60.8 Å². The van der Waals surface area contributed by atoms with Gasteiger partial charge in [-0.15, -0.1) is 11.3 Å². The first-order valence-corrected chi connectivity index (χ1v) is 8.90. The highest BCUT2D eigenvalue weighted by Crippen LogP contribution is 2.24. The maximum absolute atomic E-state index is 12.2. The summed E-state index contributed by atoms with van der Waals surface area (Å²) in [4.78, 5) is 33.7. The van der Waals surface area contributed by atoms with Crippen LogP contribution in [0.15, 0.2) is 0 Å². The summed E-state index contributed by atoms with van der Waals surface area (Å²) in [6, 6.07) is 0. The minimum absolute atomic E-state index is 0.0385. The fraction of sp³-hybridized carbons (Fsp3) is 0.688. The van der Waals surface area contributed by atoms with Gasteiger partial charge in [0.25, 0.3) is 5.91 Å². The SMILES string of the molecule is CC[C@@H](CCNC(=O)c1nc2c(s1)CN(C)CC2)C(=O)N(C)C. The quantitative estimate of drug-likeness (QED) is 0.851. The van der Waals surface area contributed by atoms with Gasteiger partial charge < -0.3 is 15.1 Å². The Labute approximate surface area is 141 Å². The number of nitrogens with one attached hydrogen (secondary N) is 1. The summed E-state index contributed by atoms with van der Waals surface area (Å²) in [7, 11) is 5.61. The zero-order valence-electron chi connectivity index (χ0n) is 14.4. The Morgan fingerprint density at radius 1 is 1.43 bits per heavy atom. The van der Waals surface area contributed by atoms with Crippen LogP contribution in [0.4, 0.5) is 0 Å². The average molecular weight is 338 g/mol. The number of rotatable bonds is 6. The first kappa shape index (κ1) is 17.9. The van der Waals surface area contributed by atoms with Crippen LogP contribution in [0, 0.1) is 5.92 Å². The number of fused-ring (bicyclic) bond motifs is 1. The van der Waals surface area contributed by atoms with E-state index in [1.807, 2.05) is 6.92 Å². The molecule has 0 saturated carbocycles. The predicted molar refractivity (Wildman–Crippen MR) is 91.6 cm³/mol. The van der Waals surface area contributed by atoms with Gasteiger partial charge in [0.05, 0.1) is 5.69 Å². The Kier molecular flexibility index (Phi) is 6.12. The van der Waals surface area contributed by atoms with Crippen LogP contribution < -0.4 is 5.32 Å². The number of carbonyl (C=O) groups excluding carboxylic acids is 2. The summed E-state index contributed by atoms with van der Waals surface area (Å²) in [5.74, 6) is -0.0443. The minimum Gasteiger partial charge on any atom is -0.350 e. The number of thiazole rings is 1.